The lowest BCUT2D eigenvalue weighted by molar-refractivity contribution is 0.152. The first-order chi connectivity index (χ1) is 11.8. The fourth-order valence-corrected chi connectivity index (χ4v) is 4.75. The number of halogens is 2. The van der Waals surface area contributed by atoms with Gasteiger partial charge in [0.05, 0.1) is 11.6 Å². The second kappa shape index (κ2) is 7.41. The Bertz CT molecular complexity index is 852. The summed E-state index contributed by atoms with van der Waals surface area (Å²) in [6.07, 6.45) is 1.34. The first kappa shape index (κ1) is 18.3. The molecule has 1 aliphatic carbocycles. The van der Waals surface area contributed by atoms with Gasteiger partial charge in [0.15, 0.2) is 5.75 Å². The summed E-state index contributed by atoms with van der Waals surface area (Å²) in [5.74, 6) is 0.580. The molecule has 0 atom stereocenters. The van der Waals surface area contributed by atoms with Crippen molar-refractivity contribution in [1.82, 2.24) is 4.72 Å². The largest absolute Gasteiger partial charge is 0.505 e. The van der Waals surface area contributed by atoms with E-state index in [4.69, 9.17) is 27.9 Å². The van der Waals surface area contributed by atoms with E-state index < -0.39 is 15.8 Å². The summed E-state index contributed by atoms with van der Waals surface area (Å²) in [5.41, 5.74) is 0. The van der Waals surface area contributed by atoms with Crippen molar-refractivity contribution in [3.8, 4) is 11.5 Å². The van der Waals surface area contributed by atoms with Crippen LogP contribution in [0.15, 0.2) is 47.4 Å². The first-order valence-corrected chi connectivity index (χ1v) is 9.97. The molecule has 2 aromatic carbocycles. The highest BCUT2D eigenvalue weighted by Gasteiger charge is 2.34. The Morgan fingerprint density at radius 2 is 1.84 bits per heavy atom. The number of para-hydroxylation sites is 1. The minimum absolute atomic E-state index is 0.101. The van der Waals surface area contributed by atoms with Crippen LogP contribution < -0.4 is 9.46 Å². The number of benzene rings is 2. The number of rotatable bonds is 6. The molecule has 0 heterocycles. The van der Waals surface area contributed by atoms with Crippen molar-refractivity contribution >= 4 is 33.2 Å². The number of sulfonamides is 1. The van der Waals surface area contributed by atoms with Crippen molar-refractivity contribution in [3.63, 3.8) is 0 Å². The molecule has 2 N–H and O–H groups in total. The maximum Gasteiger partial charge on any atom is 0.244 e. The summed E-state index contributed by atoms with van der Waals surface area (Å²) in [6, 6.07) is 11.7. The second-order valence-corrected chi connectivity index (χ2v) is 8.54. The zero-order valence-electron chi connectivity index (χ0n) is 13.2. The van der Waals surface area contributed by atoms with Gasteiger partial charge in [0.25, 0.3) is 0 Å². The van der Waals surface area contributed by atoms with Gasteiger partial charge in [-0.3, -0.25) is 0 Å². The lowest BCUT2D eigenvalue weighted by Crippen LogP contribution is -2.45. The van der Waals surface area contributed by atoms with Gasteiger partial charge < -0.3 is 9.84 Å². The molecular formula is C17H17Cl2NO4S. The quantitative estimate of drug-likeness (QED) is 0.770. The van der Waals surface area contributed by atoms with Gasteiger partial charge >= 0.3 is 0 Å². The monoisotopic (exact) mass is 401 g/mol. The molecule has 2 aromatic rings. The van der Waals surface area contributed by atoms with Crippen molar-refractivity contribution in [3.05, 3.63) is 52.5 Å². The first-order valence-electron chi connectivity index (χ1n) is 7.73. The third kappa shape index (κ3) is 4.39. The third-order valence-electron chi connectivity index (χ3n) is 4.07. The summed E-state index contributed by atoms with van der Waals surface area (Å²) < 4.78 is 33.1. The predicted molar refractivity (Wildman–Crippen MR) is 96.9 cm³/mol. The maximum absolute atomic E-state index is 12.4. The number of hydrogen-bond acceptors (Lipinski definition) is 4. The van der Waals surface area contributed by atoms with E-state index in [-0.39, 0.29) is 26.9 Å². The van der Waals surface area contributed by atoms with E-state index in [0.717, 1.165) is 5.75 Å². The van der Waals surface area contributed by atoms with Crippen molar-refractivity contribution in [2.75, 3.05) is 6.61 Å². The summed E-state index contributed by atoms with van der Waals surface area (Å²) in [5, 5.41) is 9.94. The van der Waals surface area contributed by atoms with Crippen molar-refractivity contribution < 1.29 is 18.3 Å². The minimum Gasteiger partial charge on any atom is -0.505 e. The van der Waals surface area contributed by atoms with Gasteiger partial charge in [-0.05, 0) is 43.0 Å². The lowest BCUT2D eigenvalue weighted by Gasteiger charge is -2.35. The van der Waals surface area contributed by atoms with Crippen LogP contribution in [-0.4, -0.2) is 26.2 Å². The van der Waals surface area contributed by atoms with Gasteiger partial charge in [-0.2, -0.15) is 0 Å². The third-order valence-corrected chi connectivity index (χ3v) is 6.11. The average Bonchev–Trinajstić information content (AvgIpc) is 2.53. The highest BCUT2D eigenvalue weighted by Crippen LogP contribution is 2.35. The number of aromatic hydroxyl groups is 1. The smallest absolute Gasteiger partial charge is 0.244 e. The molecule has 0 bridgehead atoms. The Balaban J connectivity index is 1.56. The van der Waals surface area contributed by atoms with Crippen LogP contribution >= 0.6 is 23.2 Å². The molecule has 3 rings (SSSR count). The van der Waals surface area contributed by atoms with Gasteiger partial charge in [0.1, 0.15) is 10.6 Å². The van der Waals surface area contributed by atoms with Gasteiger partial charge in [0.2, 0.25) is 10.0 Å². The van der Waals surface area contributed by atoms with Gasteiger partial charge in [-0.1, -0.05) is 41.4 Å². The molecule has 1 fully saturated rings. The molecule has 0 aliphatic heterocycles. The van der Waals surface area contributed by atoms with Crippen LogP contribution in [0.2, 0.25) is 10.0 Å². The standard InChI is InChI=1S/C17H17Cl2NO4S/c18-12-8-15(19)17(21)16(9-12)25(22,23)20-13-6-11(7-13)10-24-14-4-2-1-3-5-14/h1-5,8-9,11,13,20-21H,6-7,10H2. The highest BCUT2D eigenvalue weighted by molar-refractivity contribution is 7.89. The predicted octanol–water partition coefficient (Wildman–Crippen LogP) is 3.83. The number of hydrogen-bond donors (Lipinski definition) is 2. The van der Waals surface area contributed by atoms with E-state index in [1.807, 2.05) is 30.3 Å². The Kier molecular flexibility index (Phi) is 5.43. The Morgan fingerprint density at radius 3 is 2.52 bits per heavy atom. The second-order valence-electron chi connectivity index (χ2n) is 6.01. The number of ether oxygens (including phenoxy) is 1. The van der Waals surface area contributed by atoms with Gasteiger partial charge in [-0.25, -0.2) is 13.1 Å². The molecule has 134 valence electrons. The Labute approximate surface area is 156 Å². The normalized spacial score (nSPS) is 20.1. The van der Waals surface area contributed by atoms with Crippen LogP contribution in [0.3, 0.4) is 0 Å². The van der Waals surface area contributed by atoms with Crippen molar-refractivity contribution in [1.29, 1.82) is 0 Å². The van der Waals surface area contributed by atoms with E-state index in [1.165, 1.54) is 12.1 Å². The Morgan fingerprint density at radius 1 is 1.16 bits per heavy atom. The van der Waals surface area contributed by atoms with Crippen LogP contribution in [0.5, 0.6) is 11.5 Å². The van der Waals surface area contributed by atoms with E-state index >= 15 is 0 Å². The maximum atomic E-state index is 12.4. The van der Waals surface area contributed by atoms with Crippen LogP contribution in [0.25, 0.3) is 0 Å². The van der Waals surface area contributed by atoms with E-state index in [0.29, 0.717) is 19.4 Å². The summed E-state index contributed by atoms with van der Waals surface area (Å²) in [7, 11) is -3.90. The summed E-state index contributed by atoms with van der Waals surface area (Å²) >= 11 is 11.6. The van der Waals surface area contributed by atoms with Crippen LogP contribution in [0, 0.1) is 5.92 Å². The fraction of sp³-hybridized carbons (Fsp3) is 0.294. The van der Waals surface area contributed by atoms with Crippen LogP contribution in [0.1, 0.15) is 12.8 Å². The van der Waals surface area contributed by atoms with Crippen molar-refractivity contribution in [2.45, 2.75) is 23.8 Å². The Hall–Kier alpha value is -1.47. The SMILES string of the molecule is O=S(=O)(NC1CC(COc2ccccc2)C1)c1cc(Cl)cc(Cl)c1O. The average molecular weight is 402 g/mol. The molecule has 5 nitrogen and oxygen atoms in total. The number of phenols is 1. The van der Waals surface area contributed by atoms with Crippen LogP contribution in [-0.2, 0) is 10.0 Å². The number of nitrogens with one attached hydrogen (secondary N) is 1. The molecule has 25 heavy (non-hydrogen) atoms. The molecule has 8 heteroatoms. The van der Waals surface area contributed by atoms with E-state index in [1.54, 1.807) is 0 Å². The zero-order valence-corrected chi connectivity index (χ0v) is 15.5. The molecule has 0 radical (unpaired) electrons. The van der Waals surface area contributed by atoms with Gasteiger partial charge in [0, 0.05) is 11.1 Å². The topological polar surface area (TPSA) is 75.6 Å². The summed E-state index contributed by atoms with van der Waals surface area (Å²) in [4.78, 5) is -0.311. The number of phenolic OH excluding ortho intramolecular Hbond substituents is 1. The van der Waals surface area contributed by atoms with Crippen molar-refractivity contribution in [2.24, 2.45) is 5.92 Å². The lowest BCUT2D eigenvalue weighted by atomic mass is 9.81. The molecule has 1 aliphatic rings. The molecule has 1 saturated carbocycles. The van der Waals surface area contributed by atoms with E-state index in [2.05, 4.69) is 4.72 Å². The molecule has 0 unspecified atom stereocenters. The molecule has 0 spiro atoms. The van der Waals surface area contributed by atoms with E-state index in [9.17, 15) is 13.5 Å². The zero-order chi connectivity index (χ0) is 18.0. The summed E-state index contributed by atoms with van der Waals surface area (Å²) in [6.45, 7) is 0.538. The molecule has 0 amide bonds. The van der Waals surface area contributed by atoms with Gasteiger partial charge in [-0.15, -0.1) is 0 Å². The molecule has 0 saturated heterocycles. The molecular weight excluding hydrogens is 385 g/mol. The minimum atomic E-state index is -3.90. The van der Waals surface area contributed by atoms with Crippen LogP contribution in [0.4, 0.5) is 0 Å². The molecule has 0 aromatic heterocycles. The fourth-order valence-electron chi connectivity index (χ4n) is 2.73. The highest BCUT2D eigenvalue weighted by atomic mass is 35.5.